The van der Waals surface area contributed by atoms with Crippen LogP contribution in [0.2, 0.25) is 0 Å². The summed E-state index contributed by atoms with van der Waals surface area (Å²) in [5, 5.41) is 0. The van der Waals surface area contributed by atoms with Gasteiger partial charge in [0.1, 0.15) is 0 Å². The molecule has 0 nitrogen and oxygen atoms in total. The molecule has 1 aliphatic carbocycles. The molecule has 0 fully saturated rings. The Balaban J connectivity index is 0.000000700. The quantitative estimate of drug-likeness (QED) is 0.217. The van der Waals surface area contributed by atoms with Crippen LogP contribution in [0.4, 0.5) is 0 Å². The van der Waals surface area contributed by atoms with E-state index in [0.717, 1.165) is 12.3 Å². The van der Waals surface area contributed by atoms with Crippen LogP contribution in [0.5, 0.6) is 0 Å². The molecule has 4 rings (SSSR count). The van der Waals surface area contributed by atoms with E-state index in [-0.39, 0.29) is 35.6 Å². The Morgan fingerprint density at radius 1 is 0.882 bits per heavy atom. The maximum absolute atomic E-state index is 3.67. The summed E-state index contributed by atoms with van der Waals surface area (Å²) in [5.41, 5.74) is 8.70. The zero-order valence-electron chi connectivity index (χ0n) is 22.3. The molecule has 0 heterocycles. The zero-order chi connectivity index (χ0) is 24.1. The van der Waals surface area contributed by atoms with Crippen molar-refractivity contribution < 1.29 is 48.7 Å². The molecule has 0 atom stereocenters. The number of hydrogen-bond donors (Lipinski definition) is 0. The molecule has 0 saturated carbocycles. The maximum Gasteiger partial charge on any atom is -0.172 e. The Kier molecular flexibility index (Phi) is 13.6. The van der Waals surface area contributed by atoms with Crippen LogP contribution in [-0.2, 0) is 41.1 Å². The van der Waals surface area contributed by atoms with Gasteiger partial charge in [0.2, 0.25) is 0 Å². The van der Waals surface area contributed by atoms with Gasteiger partial charge in [-0.05, 0) is 28.4 Å². The Hall–Kier alpha value is -0.890. The van der Waals surface area contributed by atoms with Crippen molar-refractivity contribution >= 4 is 3.26 Å². The van der Waals surface area contributed by atoms with Gasteiger partial charge in [-0.3, -0.25) is 0 Å². The molecule has 3 aromatic carbocycles. The van der Waals surface area contributed by atoms with Crippen LogP contribution < -0.4 is 24.8 Å². The van der Waals surface area contributed by atoms with Gasteiger partial charge in [-0.25, -0.2) is 12.1 Å². The number of hydrogen-bond acceptors (Lipinski definition) is 0. The second kappa shape index (κ2) is 14.0. The van der Waals surface area contributed by atoms with Gasteiger partial charge in [-0.1, -0.05) is 65.3 Å². The molecular formula is C31H40Cl2Hf-2. The van der Waals surface area contributed by atoms with Crippen molar-refractivity contribution in [2.75, 3.05) is 0 Å². The summed E-state index contributed by atoms with van der Waals surface area (Å²) >= 11 is 1.27. The predicted octanol–water partition coefficient (Wildman–Crippen LogP) is 2.45. The number of halogens is 2. The summed E-state index contributed by atoms with van der Waals surface area (Å²) in [5.74, 6) is 0.830. The van der Waals surface area contributed by atoms with Crippen LogP contribution in [-0.4, -0.2) is 3.26 Å². The summed E-state index contributed by atoms with van der Waals surface area (Å²) < 4.78 is 1.65. The van der Waals surface area contributed by atoms with Gasteiger partial charge >= 0.3 is 53.8 Å². The van der Waals surface area contributed by atoms with E-state index in [1.807, 2.05) is 30.3 Å². The summed E-state index contributed by atoms with van der Waals surface area (Å²) in [6.45, 7) is 20.3. The van der Waals surface area contributed by atoms with E-state index >= 15 is 0 Å². The minimum absolute atomic E-state index is 0. The molecule has 3 aromatic rings. The van der Waals surface area contributed by atoms with Gasteiger partial charge in [0, 0.05) is 0 Å². The second-order valence-corrected chi connectivity index (χ2v) is 13.9. The molecule has 0 saturated heterocycles. The molecule has 3 heteroatoms. The fraction of sp³-hybridized carbons (Fsp3) is 0.419. The summed E-state index contributed by atoms with van der Waals surface area (Å²) in [4.78, 5) is 0. The Morgan fingerprint density at radius 2 is 1.41 bits per heavy atom. The molecule has 0 aliphatic heterocycles. The average Bonchev–Trinajstić information content (AvgIpc) is 3.37. The third-order valence-electron chi connectivity index (χ3n) is 5.89. The molecule has 0 unspecified atom stereocenters. The van der Waals surface area contributed by atoms with Crippen LogP contribution in [0, 0.1) is 12.0 Å². The maximum atomic E-state index is 3.67. The number of fused-ring (bicyclic) bond motifs is 3. The topological polar surface area (TPSA) is 0 Å². The minimum atomic E-state index is 0. The Bertz CT molecular complexity index is 938. The minimum Gasteiger partial charge on any atom is -1.00 e. The van der Waals surface area contributed by atoms with E-state index in [0.29, 0.717) is 0 Å². The molecule has 0 bridgehead atoms. The van der Waals surface area contributed by atoms with E-state index in [2.05, 4.69) is 98.7 Å². The van der Waals surface area contributed by atoms with E-state index in [1.165, 1.54) is 57.3 Å². The first-order valence-corrected chi connectivity index (χ1v) is 13.5. The summed E-state index contributed by atoms with van der Waals surface area (Å²) in [7, 11) is 0. The van der Waals surface area contributed by atoms with Crippen LogP contribution in [0.25, 0.3) is 11.1 Å². The molecule has 184 valence electrons. The van der Waals surface area contributed by atoms with Crippen molar-refractivity contribution in [1.82, 2.24) is 0 Å². The van der Waals surface area contributed by atoms with E-state index in [4.69, 9.17) is 0 Å². The van der Waals surface area contributed by atoms with Gasteiger partial charge in [-0.2, -0.15) is 42.0 Å². The molecule has 1 aliphatic rings. The van der Waals surface area contributed by atoms with Gasteiger partial charge in [0.05, 0.1) is 0 Å². The summed E-state index contributed by atoms with van der Waals surface area (Å²) in [6.07, 6.45) is 1.03. The van der Waals surface area contributed by atoms with Crippen molar-refractivity contribution in [3.8, 4) is 11.1 Å². The van der Waals surface area contributed by atoms with Gasteiger partial charge < -0.3 is 24.8 Å². The molecule has 0 amide bonds. The molecule has 0 radical (unpaired) electrons. The first-order valence-electron chi connectivity index (χ1n) is 11.7. The van der Waals surface area contributed by atoms with Gasteiger partial charge in [0.15, 0.2) is 0 Å². The zero-order valence-corrected chi connectivity index (χ0v) is 27.4. The van der Waals surface area contributed by atoms with Gasteiger partial charge in [0.25, 0.3) is 0 Å². The molecule has 0 aromatic heterocycles. The third-order valence-corrected chi connectivity index (χ3v) is 7.96. The first kappa shape index (κ1) is 33.1. The summed E-state index contributed by atoms with van der Waals surface area (Å²) in [6, 6.07) is 25.2. The molecule has 0 spiro atoms. The van der Waals surface area contributed by atoms with E-state index in [1.54, 1.807) is 3.26 Å². The molecule has 34 heavy (non-hydrogen) atoms. The van der Waals surface area contributed by atoms with Crippen molar-refractivity contribution in [1.29, 1.82) is 0 Å². The van der Waals surface area contributed by atoms with E-state index < -0.39 is 0 Å². The van der Waals surface area contributed by atoms with Crippen LogP contribution in [0.15, 0.2) is 60.7 Å². The normalized spacial score (nSPS) is 11.5. The smallest absolute Gasteiger partial charge is 0.172 e. The standard InChI is InChI=1S/C21H25.C5H5.C5H10.2ClH.Hf/c1-20(2,3)16-7-9-18-14(12-16)11-15-13-17(21(4,5)6)8-10-19(15)18;1-2-4-5-3-1;1-4-5(2)3;;;/h7-10,12H,11H2,1-6H3;1-5H;5H,1-3H3;2*1H;/q2*-1;;;;+2/p-2. The van der Waals surface area contributed by atoms with Crippen LogP contribution >= 0.6 is 0 Å². The largest absolute Gasteiger partial charge is 1.00 e. The van der Waals surface area contributed by atoms with Crippen molar-refractivity contribution in [3.63, 3.8) is 0 Å². The predicted molar refractivity (Wildman–Crippen MR) is 138 cm³/mol. The first-order chi connectivity index (χ1) is 14.8. The van der Waals surface area contributed by atoms with Crippen LogP contribution in [0.1, 0.15) is 84.6 Å². The Morgan fingerprint density at radius 3 is 1.82 bits per heavy atom. The third kappa shape index (κ3) is 9.63. The number of rotatable bonds is 1. The second-order valence-electron chi connectivity index (χ2n) is 11.1. The fourth-order valence-electron chi connectivity index (χ4n) is 3.35. The van der Waals surface area contributed by atoms with Crippen molar-refractivity contribution in [2.45, 2.75) is 79.6 Å². The van der Waals surface area contributed by atoms with Gasteiger partial charge in [-0.15, -0.1) is 11.1 Å². The Labute approximate surface area is 236 Å². The average molecular weight is 662 g/mol. The SMILES string of the molecule is CC(C)(C)c1[c-]c2c(cc1)-c1ccc(C(C)(C)C)cc1C2.C[C](=[Hf+2])C(C)C.[Cl-].[Cl-].c1cc[cH-]c1. The van der Waals surface area contributed by atoms with E-state index in [9.17, 15) is 0 Å². The molecular weight excluding hydrogens is 622 g/mol. The monoisotopic (exact) mass is 662 g/mol. The molecule has 0 N–H and O–H groups in total. The number of benzene rings is 2. The van der Waals surface area contributed by atoms with Crippen LogP contribution in [0.3, 0.4) is 0 Å². The van der Waals surface area contributed by atoms with Crippen molar-refractivity contribution in [2.24, 2.45) is 5.92 Å². The van der Waals surface area contributed by atoms with Crippen molar-refractivity contribution in [3.05, 3.63) is 89.0 Å². The fourth-order valence-corrected chi connectivity index (χ4v) is 3.35.